The van der Waals surface area contributed by atoms with Crippen molar-refractivity contribution in [2.75, 3.05) is 5.32 Å². The second-order valence-electron chi connectivity index (χ2n) is 12.6. The van der Waals surface area contributed by atoms with Crippen molar-refractivity contribution < 1.29 is 0 Å². The van der Waals surface area contributed by atoms with Crippen LogP contribution in [0.1, 0.15) is 45.7 Å². The van der Waals surface area contributed by atoms with Crippen LogP contribution in [0.25, 0.3) is 33.4 Å². The van der Waals surface area contributed by atoms with Crippen LogP contribution in [0.4, 0.5) is 11.4 Å². The first-order valence-electron chi connectivity index (χ1n) is 16.0. The van der Waals surface area contributed by atoms with Crippen LogP contribution in [-0.2, 0) is 5.41 Å². The van der Waals surface area contributed by atoms with Gasteiger partial charge in [0.05, 0.1) is 5.41 Å². The van der Waals surface area contributed by atoms with Crippen LogP contribution in [-0.4, -0.2) is 0 Å². The van der Waals surface area contributed by atoms with Gasteiger partial charge in [0.1, 0.15) is 0 Å². The molecule has 3 aliphatic carbocycles. The van der Waals surface area contributed by atoms with Gasteiger partial charge in [-0.25, -0.2) is 0 Å². The normalized spacial score (nSPS) is 16.2. The standard InChI is InChI=1S/C44H33N/c1-29-27-32(30-11-3-2-4-12-30)22-26-43(29)45-34-23-19-31(20-24-34)33-21-25-38-37-15-7-10-18-41(37)44(42(38)28-33)39-16-8-5-13-35(39)36-14-6-9-17-40(36)44/h2-11,13-28,30,45H,12H2,1H3. The van der Waals surface area contributed by atoms with E-state index < -0.39 is 0 Å². The largest absolute Gasteiger partial charge is 0.355 e. The van der Waals surface area contributed by atoms with Crippen molar-refractivity contribution in [1.29, 1.82) is 0 Å². The van der Waals surface area contributed by atoms with Gasteiger partial charge >= 0.3 is 0 Å². The lowest BCUT2D eigenvalue weighted by molar-refractivity contribution is 0.794. The van der Waals surface area contributed by atoms with Gasteiger partial charge in [0.2, 0.25) is 0 Å². The minimum Gasteiger partial charge on any atom is -0.355 e. The summed E-state index contributed by atoms with van der Waals surface area (Å²) >= 11 is 0. The minimum absolute atomic E-state index is 0.315. The summed E-state index contributed by atoms with van der Waals surface area (Å²) in [6, 6.07) is 49.8. The highest BCUT2D eigenvalue weighted by Crippen LogP contribution is 2.62. The van der Waals surface area contributed by atoms with Crippen molar-refractivity contribution in [3.8, 4) is 33.4 Å². The molecule has 1 nitrogen and oxygen atoms in total. The van der Waals surface area contributed by atoms with Gasteiger partial charge in [0.15, 0.2) is 0 Å². The smallest absolute Gasteiger partial charge is 0.0725 e. The van der Waals surface area contributed by atoms with Gasteiger partial charge in [-0.1, -0.05) is 133 Å². The first-order valence-corrected chi connectivity index (χ1v) is 16.0. The average molecular weight is 576 g/mol. The lowest BCUT2D eigenvalue weighted by Crippen LogP contribution is -2.25. The molecule has 1 unspecified atom stereocenters. The molecule has 214 valence electrons. The minimum atomic E-state index is -0.315. The third kappa shape index (κ3) is 3.87. The lowest BCUT2D eigenvalue weighted by Gasteiger charge is -2.30. The van der Waals surface area contributed by atoms with E-state index in [1.54, 1.807) is 0 Å². The SMILES string of the molecule is Cc1cc(C2C=CC=CC2)ccc1Nc1ccc(-c2ccc3c(c2)C2(c4ccccc4-c4ccccc42)c2ccccc2-3)cc1. The van der Waals surface area contributed by atoms with E-state index in [2.05, 4.69) is 170 Å². The summed E-state index contributed by atoms with van der Waals surface area (Å²) in [6.07, 6.45) is 9.90. The monoisotopic (exact) mass is 575 g/mol. The Labute approximate surface area is 265 Å². The van der Waals surface area contributed by atoms with Crippen LogP contribution in [0.3, 0.4) is 0 Å². The quantitative estimate of drug-likeness (QED) is 0.220. The van der Waals surface area contributed by atoms with Crippen LogP contribution in [0, 0.1) is 6.92 Å². The molecular formula is C44H33N. The van der Waals surface area contributed by atoms with Crippen LogP contribution >= 0.6 is 0 Å². The lowest BCUT2D eigenvalue weighted by atomic mass is 9.70. The van der Waals surface area contributed by atoms with E-state index in [0.29, 0.717) is 5.92 Å². The van der Waals surface area contributed by atoms with Gasteiger partial charge < -0.3 is 5.32 Å². The number of allylic oxidation sites excluding steroid dienone is 4. The zero-order valence-corrected chi connectivity index (χ0v) is 25.3. The number of benzene rings is 6. The van der Waals surface area contributed by atoms with E-state index in [-0.39, 0.29) is 5.41 Å². The maximum Gasteiger partial charge on any atom is 0.0725 e. The summed E-state index contributed by atoms with van der Waals surface area (Å²) in [7, 11) is 0. The summed E-state index contributed by atoms with van der Waals surface area (Å²) in [4.78, 5) is 0. The number of rotatable bonds is 4. The second kappa shape index (κ2) is 10.1. The zero-order valence-electron chi connectivity index (χ0n) is 25.3. The van der Waals surface area contributed by atoms with Gasteiger partial charge in [-0.2, -0.15) is 0 Å². The van der Waals surface area contributed by atoms with Crippen LogP contribution < -0.4 is 5.32 Å². The van der Waals surface area contributed by atoms with Crippen LogP contribution in [0.15, 0.2) is 158 Å². The first-order chi connectivity index (χ1) is 22.2. The zero-order chi connectivity index (χ0) is 30.0. The summed E-state index contributed by atoms with van der Waals surface area (Å²) in [5.41, 5.74) is 17.9. The molecule has 0 aromatic heterocycles. The number of hydrogen-bond acceptors (Lipinski definition) is 1. The third-order valence-electron chi connectivity index (χ3n) is 10.2. The Morgan fingerprint density at radius 1 is 0.556 bits per heavy atom. The molecule has 9 rings (SSSR count). The van der Waals surface area contributed by atoms with Crippen molar-refractivity contribution in [3.05, 3.63) is 191 Å². The Kier molecular flexibility index (Phi) is 5.83. The Bertz CT molecular complexity index is 2120. The molecule has 0 saturated heterocycles. The molecule has 3 aliphatic rings. The highest BCUT2D eigenvalue weighted by molar-refractivity contribution is 5.95. The fourth-order valence-corrected chi connectivity index (χ4v) is 8.06. The van der Waals surface area contributed by atoms with E-state index in [1.807, 2.05) is 0 Å². The Morgan fingerprint density at radius 2 is 1.16 bits per heavy atom. The highest BCUT2D eigenvalue weighted by atomic mass is 14.9. The fraction of sp³-hybridized carbons (Fsp3) is 0.0909. The molecule has 1 N–H and O–H groups in total. The summed E-state index contributed by atoms with van der Waals surface area (Å²) in [6.45, 7) is 2.19. The molecule has 0 saturated carbocycles. The van der Waals surface area contributed by atoms with Crippen molar-refractivity contribution in [1.82, 2.24) is 0 Å². The predicted molar refractivity (Wildman–Crippen MR) is 188 cm³/mol. The molecule has 0 aliphatic heterocycles. The number of anilines is 2. The van der Waals surface area contributed by atoms with Gasteiger partial charge in [0, 0.05) is 17.3 Å². The van der Waals surface area contributed by atoms with Crippen LogP contribution in [0.5, 0.6) is 0 Å². The molecule has 0 bridgehead atoms. The maximum atomic E-state index is 3.66. The van der Waals surface area contributed by atoms with E-state index in [4.69, 9.17) is 0 Å². The molecule has 1 heteroatoms. The van der Waals surface area contributed by atoms with Crippen molar-refractivity contribution in [2.24, 2.45) is 0 Å². The fourth-order valence-electron chi connectivity index (χ4n) is 8.06. The van der Waals surface area contributed by atoms with Crippen molar-refractivity contribution in [2.45, 2.75) is 24.7 Å². The van der Waals surface area contributed by atoms with E-state index >= 15 is 0 Å². The van der Waals surface area contributed by atoms with Crippen molar-refractivity contribution >= 4 is 11.4 Å². The number of hydrogen-bond donors (Lipinski definition) is 1. The van der Waals surface area contributed by atoms with Crippen molar-refractivity contribution in [3.63, 3.8) is 0 Å². The Balaban J connectivity index is 1.09. The average Bonchev–Trinajstić information content (AvgIpc) is 3.57. The molecule has 0 amide bonds. The van der Waals surface area contributed by atoms with Gasteiger partial charge in [-0.3, -0.25) is 0 Å². The highest BCUT2D eigenvalue weighted by Gasteiger charge is 2.51. The van der Waals surface area contributed by atoms with Crippen LogP contribution in [0.2, 0.25) is 0 Å². The molecule has 6 aromatic carbocycles. The summed E-state index contributed by atoms with van der Waals surface area (Å²) in [5, 5.41) is 3.66. The number of nitrogens with one attached hydrogen (secondary N) is 1. The van der Waals surface area contributed by atoms with Gasteiger partial charge in [-0.05, 0) is 104 Å². The number of fused-ring (bicyclic) bond motifs is 10. The Morgan fingerprint density at radius 3 is 1.76 bits per heavy atom. The molecule has 1 atom stereocenters. The van der Waals surface area contributed by atoms with Gasteiger partial charge in [-0.15, -0.1) is 0 Å². The molecule has 6 aromatic rings. The number of aryl methyl sites for hydroxylation is 1. The van der Waals surface area contributed by atoms with Gasteiger partial charge in [0.25, 0.3) is 0 Å². The second-order valence-corrected chi connectivity index (χ2v) is 12.6. The third-order valence-corrected chi connectivity index (χ3v) is 10.2. The topological polar surface area (TPSA) is 12.0 Å². The molecule has 0 fully saturated rings. The molecule has 0 radical (unpaired) electrons. The van der Waals surface area contributed by atoms with E-state index in [9.17, 15) is 0 Å². The predicted octanol–water partition coefficient (Wildman–Crippen LogP) is 11.3. The molecule has 0 heterocycles. The summed E-state index contributed by atoms with van der Waals surface area (Å²) < 4.78 is 0. The molecule has 1 spiro atoms. The molecular weight excluding hydrogens is 542 g/mol. The maximum absolute atomic E-state index is 3.66. The van der Waals surface area contributed by atoms with E-state index in [1.165, 1.54) is 66.8 Å². The Hall–Kier alpha value is -5.40. The summed E-state index contributed by atoms with van der Waals surface area (Å²) in [5.74, 6) is 0.465. The van der Waals surface area contributed by atoms with E-state index in [0.717, 1.165) is 17.8 Å². The molecule has 45 heavy (non-hydrogen) atoms. The first kappa shape index (κ1) is 26.0.